The highest BCUT2D eigenvalue weighted by Gasteiger charge is 2.11. The van der Waals surface area contributed by atoms with Crippen LogP contribution in [0.1, 0.15) is 24.1 Å². The number of aryl methyl sites for hydroxylation is 1. The fourth-order valence-corrected chi connectivity index (χ4v) is 2.64. The monoisotopic (exact) mass is 357 g/mol. The smallest absolute Gasteiger partial charge is 0.0644 e. The minimum absolute atomic E-state index is 0.0896. The topological polar surface area (TPSA) is 12.0 Å². The van der Waals surface area contributed by atoms with Crippen LogP contribution in [0.5, 0.6) is 0 Å². The van der Waals surface area contributed by atoms with Gasteiger partial charge in [-0.05, 0) is 49.2 Å². The standard InChI is InChI=1S/C15H14BrCl2N/c1-9-8-11(6-7-13(9)16)19-10(2)12-4-3-5-14(17)15(12)18/h3-8,10,19H,1-2H3. The van der Waals surface area contributed by atoms with Crippen LogP contribution < -0.4 is 5.32 Å². The molecule has 0 spiro atoms. The summed E-state index contributed by atoms with van der Waals surface area (Å²) in [6.45, 7) is 4.13. The predicted octanol–water partition coefficient (Wildman–Crippen LogP) is 6.24. The second-order valence-electron chi connectivity index (χ2n) is 4.47. The van der Waals surface area contributed by atoms with E-state index in [0.717, 1.165) is 15.7 Å². The van der Waals surface area contributed by atoms with Gasteiger partial charge in [-0.1, -0.05) is 51.3 Å². The van der Waals surface area contributed by atoms with Crippen LogP contribution in [0, 0.1) is 6.92 Å². The summed E-state index contributed by atoms with van der Waals surface area (Å²) in [6, 6.07) is 11.9. The van der Waals surface area contributed by atoms with E-state index in [4.69, 9.17) is 23.2 Å². The molecule has 0 aromatic heterocycles. The quantitative estimate of drug-likeness (QED) is 0.684. The Balaban J connectivity index is 2.23. The Labute approximate surface area is 132 Å². The van der Waals surface area contributed by atoms with E-state index in [9.17, 15) is 0 Å². The maximum Gasteiger partial charge on any atom is 0.0644 e. The Hall–Kier alpha value is -0.700. The van der Waals surface area contributed by atoms with E-state index in [2.05, 4.69) is 41.2 Å². The normalized spacial score (nSPS) is 12.3. The summed E-state index contributed by atoms with van der Waals surface area (Å²) in [5.74, 6) is 0. The first-order valence-corrected chi connectivity index (χ1v) is 7.50. The maximum atomic E-state index is 6.23. The Bertz CT molecular complexity index is 599. The summed E-state index contributed by atoms with van der Waals surface area (Å²) >= 11 is 15.8. The minimum atomic E-state index is 0.0896. The molecule has 0 bridgehead atoms. The van der Waals surface area contributed by atoms with E-state index in [0.29, 0.717) is 10.0 Å². The zero-order chi connectivity index (χ0) is 14.0. The van der Waals surface area contributed by atoms with Crippen molar-refractivity contribution in [1.82, 2.24) is 0 Å². The number of halogens is 3. The first-order chi connectivity index (χ1) is 8.99. The Morgan fingerprint density at radius 2 is 1.89 bits per heavy atom. The fourth-order valence-electron chi connectivity index (χ4n) is 1.92. The van der Waals surface area contributed by atoms with E-state index < -0.39 is 0 Å². The second kappa shape index (κ2) is 6.17. The lowest BCUT2D eigenvalue weighted by Crippen LogP contribution is -2.07. The largest absolute Gasteiger partial charge is 0.378 e. The molecule has 0 saturated carbocycles. The number of hydrogen-bond acceptors (Lipinski definition) is 1. The van der Waals surface area contributed by atoms with Crippen molar-refractivity contribution >= 4 is 44.8 Å². The van der Waals surface area contributed by atoms with Gasteiger partial charge in [0.2, 0.25) is 0 Å². The number of rotatable bonds is 3. The van der Waals surface area contributed by atoms with Crippen molar-refractivity contribution in [2.75, 3.05) is 5.32 Å². The lowest BCUT2D eigenvalue weighted by molar-refractivity contribution is 0.884. The zero-order valence-corrected chi connectivity index (χ0v) is 13.8. The summed E-state index contributed by atoms with van der Waals surface area (Å²) in [5, 5.41) is 4.62. The number of nitrogens with one attached hydrogen (secondary N) is 1. The molecule has 19 heavy (non-hydrogen) atoms. The molecule has 0 heterocycles. The fraction of sp³-hybridized carbons (Fsp3) is 0.200. The predicted molar refractivity (Wildman–Crippen MR) is 87.4 cm³/mol. The van der Waals surface area contributed by atoms with Gasteiger partial charge >= 0.3 is 0 Å². The van der Waals surface area contributed by atoms with Crippen LogP contribution in [0.4, 0.5) is 5.69 Å². The lowest BCUT2D eigenvalue weighted by atomic mass is 10.1. The van der Waals surface area contributed by atoms with E-state index in [1.54, 1.807) is 6.07 Å². The molecule has 1 nitrogen and oxygen atoms in total. The highest BCUT2D eigenvalue weighted by Crippen LogP contribution is 2.32. The summed E-state index contributed by atoms with van der Waals surface area (Å²) < 4.78 is 1.10. The summed E-state index contributed by atoms with van der Waals surface area (Å²) in [4.78, 5) is 0. The number of hydrogen-bond donors (Lipinski definition) is 1. The number of benzene rings is 2. The van der Waals surface area contributed by atoms with Crippen LogP contribution in [-0.2, 0) is 0 Å². The van der Waals surface area contributed by atoms with Crippen molar-refractivity contribution in [3.63, 3.8) is 0 Å². The molecule has 2 aromatic rings. The highest BCUT2D eigenvalue weighted by atomic mass is 79.9. The van der Waals surface area contributed by atoms with E-state index in [-0.39, 0.29) is 6.04 Å². The molecular formula is C15H14BrCl2N. The Morgan fingerprint density at radius 3 is 2.58 bits per heavy atom. The van der Waals surface area contributed by atoms with Crippen LogP contribution in [0.15, 0.2) is 40.9 Å². The van der Waals surface area contributed by atoms with Crippen LogP contribution in [-0.4, -0.2) is 0 Å². The minimum Gasteiger partial charge on any atom is -0.378 e. The van der Waals surface area contributed by atoms with Gasteiger partial charge in [-0.25, -0.2) is 0 Å². The molecule has 1 atom stereocenters. The second-order valence-corrected chi connectivity index (χ2v) is 6.11. The van der Waals surface area contributed by atoms with E-state index >= 15 is 0 Å². The van der Waals surface area contributed by atoms with Crippen molar-refractivity contribution in [2.24, 2.45) is 0 Å². The molecule has 0 aliphatic heterocycles. The molecule has 0 saturated heterocycles. The van der Waals surface area contributed by atoms with Crippen LogP contribution >= 0.6 is 39.1 Å². The third kappa shape index (κ3) is 3.44. The van der Waals surface area contributed by atoms with Crippen LogP contribution in [0.3, 0.4) is 0 Å². The first kappa shape index (κ1) is 14.7. The summed E-state index contributed by atoms with van der Waals surface area (Å²) in [7, 11) is 0. The van der Waals surface area contributed by atoms with Crippen molar-refractivity contribution in [3.05, 3.63) is 62.0 Å². The van der Waals surface area contributed by atoms with Crippen molar-refractivity contribution in [1.29, 1.82) is 0 Å². The molecule has 0 fully saturated rings. The van der Waals surface area contributed by atoms with Crippen molar-refractivity contribution < 1.29 is 0 Å². The lowest BCUT2D eigenvalue weighted by Gasteiger charge is -2.18. The molecule has 2 rings (SSSR count). The van der Waals surface area contributed by atoms with E-state index in [1.165, 1.54) is 5.56 Å². The molecule has 0 aliphatic carbocycles. The molecule has 1 unspecified atom stereocenters. The molecule has 1 N–H and O–H groups in total. The van der Waals surface area contributed by atoms with Gasteiger partial charge in [-0.2, -0.15) is 0 Å². The van der Waals surface area contributed by atoms with Gasteiger partial charge in [-0.3, -0.25) is 0 Å². The first-order valence-electron chi connectivity index (χ1n) is 5.95. The highest BCUT2D eigenvalue weighted by molar-refractivity contribution is 9.10. The average Bonchev–Trinajstić information content (AvgIpc) is 2.37. The molecular weight excluding hydrogens is 345 g/mol. The van der Waals surface area contributed by atoms with Crippen LogP contribution in [0.2, 0.25) is 10.0 Å². The summed E-state index contributed by atoms with van der Waals surface area (Å²) in [5.41, 5.74) is 3.24. The van der Waals surface area contributed by atoms with Gasteiger partial charge in [0.1, 0.15) is 0 Å². The Morgan fingerprint density at radius 1 is 1.16 bits per heavy atom. The third-order valence-electron chi connectivity index (χ3n) is 2.99. The summed E-state index contributed by atoms with van der Waals surface area (Å²) in [6.07, 6.45) is 0. The van der Waals surface area contributed by atoms with Gasteiger partial charge in [0.15, 0.2) is 0 Å². The average molecular weight is 359 g/mol. The molecule has 4 heteroatoms. The zero-order valence-electron chi connectivity index (χ0n) is 10.7. The van der Waals surface area contributed by atoms with E-state index in [1.807, 2.05) is 24.3 Å². The SMILES string of the molecule is Cc1cc(NC(C)c2cccc(Cl)c2Cl)ccc1Br. The maximum absolute atomic E-state index is 6.23. The Kier molecular flexibility index (Phi) is 4.77. The molecule has 2 aromatic carbocycles. The molecule has 0 aliphatic rings. The van der Waals surface area contributed by atoms with Gasteiger partial charge in [0.25, 0.3) is 0 Å². The van der Waals surface area contributed by atoms with Gasteiger partial charge in [-0.15, -0.1) is 0 Å². The van der Waals surface area contributed by atoms with Gasteiger partial charge in [0, 0.05) is 10.2 Å². The molecule has 0 radical (unpaired) electrons. The molecule has 0 amide bonds. The third-order valence-corrected chi connectivity index (χ3v) is 4.71. The van der Waals surface area contributed by atoms with Gasteiger partial charge < -0.3 is 5.32 Å². The van der Waals surface area contributed by atoms with Gasteiger partial charge in [0.05, 0.1) is 16.1 Å². The van der Waals surface area contributed by atoms with Crippen molar-refractivity contribution in [2.45, 2.75) is 19.9 Å². The van der Waals surface area contributed by atoms with Crippen molar-refractivity contribution in [3.8, 4) is 0 Å². The molecule has 100 valence electrons. The van der Waals surface area contributed by atoms with Crippen LogP contribution in [0.25, 0.3) is 0 Å². The number of anilines is 1.